The number of halogens is 3. The molecule has 0 aromatic heterocycles. The minimum atomic E-state index is -4.43. The highest BCUT2D eigenvalue weighted by molar-refractivity contribution is 5.97. The van der Waals surface area contributed by atoms with Crippen molar-refractivity contribution < 1.29 is 22.8 Å². The lowest BCUT2D eigenvalue weighted by Crippen LogP contribution is -2.35. The average Bonchev–Trinajstić information content (AvgIpc) is 2.55. The molecule has 0 saturated heterocycles. The van der Waals surface area contributed by atoms with Gasteiger partial charge in [-0.15, -0.1) is 0 Å². The van der Waals surface area contributed by atoms with Crippen molar-refractivity contribution in [3.05, 3.63) is 59.7 Å². The highest BCUT2D eigenvalue weighted by Gasteiger charge is 2.29. The van der Waals surface area contributed by atoms with Crippen LogP contribution in [-0.4, -0.2) is 18.5 Å². The number of aryl methyl sites for hydroxylation is 1. The predicted molar refractivity (Wildman–Crippen MR) is 88.3 cm³/mol. The number of carbonyl (C=O) groups is 2. The highest BCUT2D eigenvalue weighted by atomic mass is 19.4. The first kappa shape index (κ1) is 18.3. The van der Waals surface area contributed by atoms with Crippen LogP contribution in [0.2, 0.25) is 0 Å². The minimum Gasteiger partial charge on any atom is -0.329 e. The van der Waals surface area contributed by atoms with E-state index >= 15 is 0 Å². The van der Waals surface area contributed by atoms with E-state index in [1.807, 2.05) is 19.1 Å². The Balaban J connectivity index is 1.82. The summed E-state index contributed by atoms with van der Waals surface area (Å²) in [4.78, 5) is 23.5. The molecule has 25 heavy (non-hydrogen) atoms. The number of urea groups is 1. The van der Waals surface area contributed by atoms with E-state index in [2.05, 4.69) is 16.0 Å². The van der Waals surface area contributed by atoms with Gasteiger partial charge in [0.1, 0.15) is 0 Å². The molecule has 0 aliphatic rings. The molecule has 2 rings (SSSR count). The first-order chi connectivity index (χ1) is 11.8. The third-order valence-electron chi connectivity index (χ3n) is 3.30. The van der Waals surface area contributed by atoms with Crippen LogP contribution in [0.3, 0.4) is 0 Å². The Morgan fingerprint density at radius 2 is 1.60 bits per heavy atom. The number of carbonyl (C=O) groups excluding carboxylic acids is 2. The van der Waals surface area contributed by atoms with Crippen molar-refractivity contribution in [1.82, 2.24) is 5.32 Å². The maximum absolute atomic E-state index is 12.5. The summed E-state index contributed by atoms with van der Waals surface area (Å²) in [7, 11) is 0. The van der Waals surface area contributed by atoms with Crippen molar-refractivity contribution in [1.29, 1.82) is 0 Å². The molecule has 0 saturated carbocycles. The van der Waals surface area contributed by atoms with Crippen LogP contribution in [0, 0.1) is 6.92 Å². The van der Waals surface area contributed by atoms with Gasteiger partial charge in [-0.3, -0.25) is 4.79 Å². The van der Waals surface area contributed by atoms with Crippen LogP contribution in [-0.2, 0) is 11.0 Å². The molecule has 0 atom stereocenters. The Hall–Kier alpha value is -3.03. The molecular formula is C17H16F3N3O2. The van der Waals surface area contributed by atoms with Crippen molar-refractivity contribution >= 4 is 23.3 Å². The lowest BCUT2D eigenvalue weighted by Gasteiger charge is -2.11. The van der Waals surface area contributed by atoms with Crippen molar-refractivity contribution in [3.63, 3.8) is 0 Å². The largest absolute Gasteiger partial charge is 0.416 e. The lowest BCUT2D eigenvalue weighted by molar-refractivity contribution is -0.137. The fraction of sp³-hybridized carbons (Fsp3) is 0.176. The summed E-state index contributed by atoms with van der Waals surface area (Å²) in [6.07, 6.45) is -4.43. The number of para-hydroxylation sites is 1. The van der Waals surface area contributed by atoms with Gasteiger partial charge >= 0.3 is 12.2 Å². The summed E-state index contributed by atoms with van der Waals surface area (Å²) in [6.45, 7) is 1.51. The molecule has 0 aliphatic carbocycles. The van der Waals surface area contributed by atoms with Gasteiger partial charge in [-0.05, 0) is 42.8 Å². The molecule has 2 aromatic rings. The van der Waals surface area contributed by atoms with Gasteiger partial charge in [0.05, 0.1) is 12.1 Å². The normalized spacial score (nSPS) is 10.9. The number of alkyl halides is 3. The molecule has 8 heteroatoms. The highest BCUT2D eigenvalue weighted by Crippen LogP contribution is 2.29. The van der Waals surface area contributed by atoms with Gasteiger partial charge in [0.25, 0.3) is 0 Å². The number of hydrogen-bond donors (Lipinski definition) is 3. The van der Waals surface area contributed by atoms with Crippen LogP contribution in [0.1, 0.15) is 11.1 Å². The van der Waals surface area contributed by atoms with Gasteiger partial charge in [-0.1, -0.05) is 18.2 Å². The van der Waals surface area contributed by atoms with Crippen LogP contribution in [0.15, 0.2) is 48.5 Å². The molecule has 3 N–H and O–H groups in total. The SMILES string of the molecule is Cc1ccccc1NC(=O)NCC(=O)Nc1ccc(C(F)(F)F)cc1. The molecule has 0 spiro atoms. The van der Waals surface area contributed by atoms with Gasteiger partial charge in [0.15, 0.2) is 0 Å². The van der Waals surface area contributed by atoms with Crippen molar-refractivity contribution in [3.8, 4) is 0 Å². The zero-order valence-corrected chi connectivity index (χ0v) is 13.3. The maximum atomic E-state index is 12.5. The number of hydrogen-bond acceptors (Lipinski definition) is 2. The Kier molecular flexibility index (Phi) is 5.63. The van der Waals surface area contributed by atoms with Crippen molar-refractivity contribution in [2.45, 2.75) is 13.1 Å². The van der Waals surface area contributed by atoms with Crippen LogP contribution in [0.5, 0.6) is 0 Å². The van der Waals surface area contributed by atoms with E-state index in [9.17, 15) is 22.8 Å². The summed E-state index contributed by atoms with van der Waals surface area (Å²) >= 11 is 0. The second-order valence-corrected chi connectivity index (χ2v) is 5.25. The van der Waals surface area contributed by atoms with Gasteiger partial charge < -0.3 is 16.0 Å². The van der Waals surface area contributed by atoms with Gasteiger partial charge in [0, 0.05) is 11.4 Å². The van der Waals surface area contributed by atoms with Gasteiger partial charge in [-0.25, -0.2) is 4.79 Å². The smallest absolute Gasteiger partial charge is 0.329 e. The lowest BCUT2D eigenvalue weighted by atomic mass is 10.2. The average molecular weight is 351 g/mol. The fourth-order valence-corrected chi connectivity index (χ4v) is 1.99. The predicted octanol–water partition coefficient (Wildman–Crippen LogP) is 3.77. The number of anilines is 2. The Labute approximate surface area is 142 Å². The molecular weight excluding hydrogens is 335 g/mol. The Morgan fingerprint density at radius 3 is 2.20 bits per heavy atom. The minimum absolute atomic E-state index is 0.208. The third-order valence-corrected chi connectivity index (χ3v) is 3.30. The molecule has 0 heterocycles. The molecule has 0 unspecified atom stereocenters. The molecule has 0 radical (unpaired) electrons. The van der Waals surface area contributed by atoms with Crippen LogP contribution < -0.4 is 16.0 Å². The molecule has 3 amide bonds. The van der Waals surface area contributed by atoms with E-state index in [1.54, 1.807) is 12.1 Å². The molecule has 0 aliphatic heterocycles. The second-order valence-electron chi connectivity index (χ2n) is 5.25. The summed E-state index contributed by atoms with van der Waals surface area (Å²) in [5.74, 6) is -0.556. The van der Waals surface area contributed by atoms with Crippen LogP contribution in [0.4, 0.5) is 29.3 Å². The molecule has 2 aromatic carbocycles. The van der Waals surface area contributed by atoms with Crippen molar-refractivity contribution in [2.75, 3.05) is 17.2 Å². The van der Waals surface area contributed by atoms with Gasteiger partial charge in [-0.2, -0.15) is 13.2 Å². The maximum Gasteiger partial charge on any atom is 0.416 e. The third kappa shape index (κ3) is 5.52. The van der Waals surface area contributed by atoms with Crippen LogP contribution in [0.25, 0.3) is 0 Å². The first-order valence-electron chi connectivity index (χ1n) is 7.33. The number of benzene rings is 2. The first-order valence-corrected chi connectivity index (χ1v) is 7.33. The molecule has 0 fully saturated rings. The number of nitrogens with one attached hydrogen (secondary N) is 3. The summed E-state index contributed by atoms with van der Waals surface area (Å²) in [6, 6.07) is 10.6. The fourth-order valence-electron chi connectivity index (χ4n) is 1.99. The number of rotatable bonds is 4. The Morgan fingerprint density at radius 1 is 0.960 bits per heavy atom. The van der Waals surface area contributed by atoms with E-state index in [4.69, 9.17) is 0 Å². The molecule has 0 bridgehead atoms. The zero-order chi connectivity index (χ0) is 18.4. The topological polar surface area (TPSA) is 70.2 Å². The van der Waals surface area contributed by atoms with Crippen LogP contribution >= 0.6 is 0 Å². The van der Waals surface area contributed by atoms with E-state index < -0.39 is 23.7 Å². The van der Waals surface area contributed by atoms with E-state index in [-0.39, 0.29) is 12.2 Å². The van der Waals surface area contributed by atoms with E-state index in [0.717, 1.165) is 29.8 Å². The molecule has 132 valence electrons. The summed E-state index contributed by atoms with van der Waals surface area (Å²) in [5, 5.41) is 7.37. The monoisotopic (exact) mass is 351 g/mol. The standard InChI is InChI=1S/C17H16F3N3O2/c1-11-4-2-3-5-14(11)23-16(25)21-10-15(24)22-13-8-6-12(7-9-13)17(18,19)20/h2-9H,10H2,1H3,(H,22,24)(H2,21,23,25). The van der Waals surface area contributed by atoms with Crippen molar-refractivity contribution in [2.24, 2.45) is 0 Å². The quantitative estimate of drug-likeness (QED) is 0.785. The summed E-state index contributed by atoms with van der Waals surface area (Å²) in [5.41, 5.74) is 0.885. The van der Waals surface area contributed by atoms with E-state index in [0.29, 0.717) is 5.69 Å². The Bertz CT molecular complexity index is 758. The zero-order valence-electron chi connectivity index (χ0n) is 13.3. The van der Waals surface area contributed by atoms with Gasteiger partial charge in [0.2, 0.25) is 5.91 Å². The van der Waals surface area contributed by atoms with E-state index in [1.165, 1.54) is 0 Å². The number of amides is 3. The summed E-state index contributed by atoms with van der Waals surface area (Å²) < 4.78 is 37.4. The molecule has 5 nitrogen and oxygen atoms in total. The second kappa shape index (κ2) is 7.69.